The summed E-state index contributed by atoms with van der Waals surface area (Å²) in [6.45, 7) is 6.79. The third kappa shape index (κ3) is 4.44. The van der Waals surface area contributed by atoms with E-state index in [0.717, 1.165) is 37.6 Å². The number of rotatable bonds is 6. The highest BCUT2D eigenvalue weighted by Crippen LogP contribution is 2.15. The van der Waals surface area contributed by atoms with Crippen molar-refractivity contribution in [2.24, 2.45) is 0 Å². The largest absolute Gasteiger partial charge is 0.376 e. The fraction of sp³-hybridized carbons (Fsp3) is 0.714. The first-order chi connectivity index (χ1) is 9.15. The van der Waals surface area contributed by atoms with E-state index in [1.165, 1.54) is 6.42 Å². The van der Waals surface area contributed by atoms with Crippen molar-refractivity contribution in [2.75, 3.05) is 25.1 Å². The van der Waals surface area contributed by atoms with Gasteiger partial charge in [0.15, 0.2) is 0 Å². The van der Waals surface area contributed by atoms with Gasteiger partial charge in [-0.3, -0.25) is 4.98 Å². The highest BCUT2D eigenvalue weighted by atomic mass is 16.5. The Balaban J connectivity index is 1.86. The minimum Gasteiger partial charge on any atom is -0.376 e. The van der Waals surface area contributed by atoms with Gasteiger partial charge in [-0.2, -0.15) is 0 Å². The Labute approximate surface area is 115 Å². The summed E-state index contributed by atoms with van der Waals surface area (Å²) in [5.74, 6) is 0.906. The summed E-state index contributed by atoms with van der Waals surface area (Å²) in [6.07, 6.45) is 6.34. The minimum atomic E-state index is 0.342. The molecule has 1 fully saturated rings. The Morgan fingerprint density at radius 1 is 1.42 bits per heavy atom. The molecule has 1 aliphatic heterocycles. The SMILES string of the molecule is CC(C)NCc1cnc(N(C)CC2CCCO2)cn1. The predicted molar refractivity (Wildman–Crippen MR) is 76.3 cm³/mol. The number of likely N-dealkylation sites (N-methyl/N-ethyl adjacent to an activating group) is 1. The summed E-state index contributed by atoms with van der Waals surface area (Å²) in [5, 5.41) is 3.33. The Morgan fingerprint density at radius 2 is 2.26 bits per heavy atom. The second kappa shape index (κ2) is 6.82. The molecule has 0 aromatic carbocycles. The molecule has 0 aliphatic carbocycles. The van der Waals surface area contributed by atoms with Crippen LogP contribution >= 0.6 is 0 Å². The molecule has 1 unspecified atom stereocenters. The second-order valence-corrected chi connectivity index (χ2v) is 5.42. The number of ether oxygens (including phenoxy) is 1. The standard InChI is InChI=1S/C14H24N4O/c1-11(2)15-7-12-8-17-14(9-16-12)18(3)10-13-5-4-6-19-13/h8-9,11,13,15H,4-7,10H2,1-3H3. The molecule has 19 heavy (non-hydrogen) atoms. The maximum absolute atomic E-state index is 5.63. The molecular formula is C14H24N4O. The van der Waals surface area contributed by atoms with E-state index in [9.17, 15) is 0 Å². The molecule has 0 radical (unpaired) electrons. The fourth-order valence-corrected chi connectivity index (χ4v) is 2.13. The van der Waals surface area contributed by atoms with Crippen molar-refractivity contribution in [3.05, 3.63) is 18.1 Å². The molecule has 1 saturated heterocycles. The summed E-state index contributed by atoms with van der Waals surface area (Å²) in [7, 11) is 2.04. The van der Waals surface area contributed by atoms with Gasteiger partial charge in [0.25, 0.3) is 0 Å². The maximum Gasteiger partial charge on any atom is 0.146 e. The lowest BCUT2D eigenvalue weighted by atomic mass is 10.2. The average molecular weight is 264 g/mol. The monoisotopic (exact) mass is 264 g/mol. The van der Waals surface area contributed by atoms with Crippen molar-refractivity contribution in [3.63, 3.8) is 0 Å². The lowest BCUT2D eigenvalue weighted by Crippen LogP contribution is -2.29. The van der Waals surface area contributed by atoms with E-state index in [1.54, 1.807) is 0 Å². The normalized spacial score (nSPS) is 19.1. The van der Waals surface area contributed by atoms with Crippen LogP contribution in [0.4, 0.5) is 5.82 Å². The molecule has 1 atom stereocenters. The number of nitrogens with one attached hydrogen (secondary N) is 1. The molecule has 0 bridgehead atoms. The third-order valence-electron chi connectivity index (χ3n) is 3.28. The summed E-state index contributed by atoms with van der Waals surface area (Å²) in [4.78, 5) is 11.0. The quantitative estimate of drug-likeness (QED) is 0.845. The predicted octanol–water partition coefficient (Wildman–Crippen LogP) is 1.59. The van der Waals surface area contributed by atoms with Gasteiger partial charge >= 0.3 is 0 Å². The summed E-state index contributed by atoms with van der Waals surface area (Å²) < 4.78 is 5.63. The molecule has 2 rings (SSSR count). The molecule has 1 N–H and O–H groups in total. The molecule has 5 heteroatoms. The minimum absolute atomic E-state index is 0.342. The first-order valence-corrected chi connectivity index (χ1v) is 7.02. The Hall–Kier alpha value is -1.20. The van der Waals surface area contributed by atoms with Gasteiger partial charge in [0.05, 0.1) is 24.2 Å². The van der Waals surface area contributed by atoms with Crippen LogP contribution < -0.4 is 10.2 Å². The van der Waals surface area contributed by atoms with Crippen LogP contribution in [0.1, 0.15) is 32.4 Å². The van der Waals surface area contributed by atoms with Gasteiger partial charge in [0.1, 0.15) is 5.82 Å². The van der Waals surface area contributed by atoms with Gasteiger partial charge in [-0.05, 0) is 12.8 Å². The highest BCUT2D eigenvalue weighted by Gasteiger charge is 2.18. The average Bonchev–Trinajstić information content (AvgIpc) is 2.89. The van der Waals surface area contributed by atoms with Crippen LogP contribution in [0.5, 0.6) is 0 Å². The van der Waals surface area contributed by atoms with Gasteiger partial charge in [-0.1, -0.05) is 13.8 Å². The highest BCUT2D eigenvalue weighted by molar-refractivity contribution is 5.34. The number of hydrogen-bond donors (Lipinski definition) is 1. The van der Waals surface area contributed by atoms with E-state index in [1.807, 2.05) is 19.4 Å². The van der Waals surface area contributed by atoms with Crippen molar-refractivity contribution in [2.45, 2.75) is 45.4 Å². The Morgan fingerprint density at radius 3 is 2.84 bits per heavy atom. The maximum atomic E-state index is 5.63. The van der Waals surface area contributed by atoms with Gasteiger partial charge in [0.2, 0.25) is 0 Å². The first kappa shape index (κ1) is 14.2. The molecule has 1 aliphatic rings. The fourth-order valence-electron chi connectivity index (χ4n) is 2.13. The Kier molecular flexibility index (Phi) is 5.10. The zero-order chi connectivity index (χ0) is 13.7. The zero-order valence-corrected chi connectivity index (χ0v) is 12.1. The molecule has 106 valence electrons. The molecule has 0 spiro atoms. The van der Waals surface area contributed by atoms with Gasteiger partial charge < -0.3 is 15.0 Å². The first-order valence-electron chi connectivity index (χ1n) is 7.02. The Bertz CT molecular complexity index is 374. The second-order valence-electron chi connectivity index (χ2n) is 5.42. The van der Waals surface area contributed by atoms with Gasteiger partial charge in [0, 0.05) is 32.8 Å². The van der Waals surface area contributed by atoms with E-state index in [-0.39, 0.29) is 0 Å². The van der Waals surface area contributed by atoms with Crippen molar-refractivity contribution in [1.29, 1.82) is 0 Å². The molecule has 1 aromatic rings. The van der Waals surface area contributed by atoms with E-state index in [2.05, 4.69) is 34.0 Å². The van der Waals surface area contributed by atoms with E-state index in [0.29, 0.717) is 12.1 Å². The number of aromatic nitrogens is 2. The topological polar surface area (TPSA) is 50.3 Å². The molecule has 0 amide bonds. The van der Waals surface area contributed by atoms with E-state index < -0.39 is 0 Å². The lowest BCUT2D eigenvalue weighted by Gasteiger charge is -2.21. The van der Waals surface area contributed by atoms with Crippen molar-refractivity contribution < 1.29 is 4.74 Å². The smallest absolute Gasteiger partial charge is 0.146 e. The molecular weight excluding hydrogens is 240 g/mol. The van der Waals surface area contributed by atoms with Crippen LogP contribution in [0.3, 0.4) is 0 Å². The summed E-state index contributed by atoms with van der Waals surface area (Å²) >= 11 is 0. The summed E-state index contributed by atoms with van der Waals surface area (Å²) in [5.41, 5.74) is 0.975. The molecule has 2 heterocycles. The van der Waals surface area contributed by atoms with Gasteiger partial charge in [-0.25, -0.2) is 4.98 Å². The van der Waals surface area contributed by atoms with E-state index >= 15 is 0 Å². The van der Waals surface area contributed by atoms with Crippen LogP contribution in [-0.4, -0.2) is 42.3 Å². The van der Waals surface area contributed by atoms with Crippen LogP contribution in [0.2, 0.25) is 0 Å². The van der Waals surface area contributed by atoms with Crippen molar-refractivity contribution in [1.82, 2.24) is 15.3 Å². The van der Waals surface area contributed by atoms with Crippen molar-refractivity contribution in [3.8, 4) is 0 Å². The van der Waals surface area contributed by atoms with Gasteiger partial charge in [-0.15, -0.1) is 0 Å². The molecule has 1 aromatic heterocycles. The summed E-state index contributed by atoms with van der Waals surface area (Å²) in [6, 6.07) is 0.462. The third-order valence-corrected chi connectivity index (χ3v) is 3.28. The van der Waals surface area contributed by atoms with Crippen LogP contribution in [0, 0.1) is 0 Å². The van der Waals surface area contributed by atoms with Crippen molar-refractivity contribution >= 4 is 5.82 Å². The van der Waals surface area contributed by atoms with Crippen LogP contribution in [-0.2, 0) is 11.3 Å². The molecule has 5 nitrogen and oxygen atoms in total. The molecule has 0 saturated carbocycles. The van der Waals surface area contributed by atoms with Crippen LogP contribution in [0.15, 0.2) is 12.4 Å². The number of hydrogen-bond acceptors (Lipinski definition) is 5. The number of nitrogens with zero attached hydrogens (tertiary/aromatic N) is 3. The van der Waals surface area contributed by atoms with Crippen LogP contribution in [0.25, 0.3) is 0 Å². The zero-order valence-electron chi connectivity index (χ0n) is 12.1. The lowest BCUT2D eigenvalue weighted by molar-refractivity contribution is 0.116. The van der Waals surface area contributed by atoms with E-state index in [4.69, 9.17) is 4.74 Å². The number of anilines is 1.